The molecule has 0 spiro atoms. The first-order chi connectivity index (χ1) is 7.22. The summed E-state index contributed by atoms with van der Waals surface area (Å²) in [5.41, 5.74) is 6.29. The van der Waals surface area contributed by atoms with Gasteiger partial charge in [-0.25, -0.2) is 9.98 Å². The summed E-state index contributed by atoms with van der Waals surface area (Å²) in [7, 11) is 0. The molecule has 0 atom stereocenters. The summed E-state index contributed by atoms with van der Waals surface area (Å²) in [5, 5.41) is 0. The van der Waals surface area contributed by atoms with Gasteiger partial charge < -0.3 is 5.73 Å². The van der Waals surface area contributed by atoms with Gasteiger partial charge in [0, 0.05) is 18.3 Å². The summed E-state index contributed by atoms with van der Waals surface area (Å²) < 4.78 is 0. The number of aliphatic imine (C=N–C) groups is 2. The molecule has 1 heterocycles. The molecule has 78 valence electrons. The van der Waals surface area contributed by atoms with Gasteiger partial charge in [-0.2, -0.15) is 0 Å². The normalized spacial score (nSPS) is 17.3. The summed E-state index contributed by atoms with van der Waals surface area (Å²) in [6.45, 7) is 1.70. The number of aldehydes is 1. The predicted molar refractivity (Wildman–Crippen MR) is 61.8 cm³/mol. The van der Waals surface area contributed by atoms with Crippen LogP contribution in [-0.4, -0.2) is 17.8 Å². The van der Waals surface area contributed by atoms with Crippen LogP contribution >= 0.6 is 0 Å². The van der Waals surface area contributed by atoms with Gasteiger partial charge in [0.15, 0.2) is 6.29 Å². The molecule has 1 rings (SSSR count). The topological polar surface area (TPSA) is 67.8 Å². The van der Waals surface area contributed by atoms with Crippen molar-refractivity contribution in [2.45, 2.75) is 13.3 Å². The van der Waals surface area contributed by atoms with E-state index in [1.54, 1.807) is 13.1 Å². The third kappa shape index (κ3) is 4.17. The van der Waals surface area contributed by atoms with Gasteiger partial charge in [-0.1, -0.05) is 12.2 Å². The number of hydrogen-bond donors (Lipinski definition) is 1. The maximum Gasteiger partial charge on any atom is 0.168 e. The van der Waals surface area contributed by atoms with E-state index in [1.807, 2.05) is 18.2 Å². The van der Waals surface area contributed by atoms with Crippen molar-refractivity contribution in [3.05, 3.63) is 36.2 Å². The van der Waals surface area contributed by atoms with E-state index < -0.39 is 0 Å². The van der Waals surface area contributed by atoms with Crippen molar-refractivity contribution in [1.29, 1.82) is 0 Å². The van der Waals surface area contributed by atoms with Crippen molar-refractivity contribution in [3.8, 4) is 0 Å². The van der Waals surface area contributed by atoms with E-state index in [-0.39, 0.29) is 5.71 Å². The Hall–Kier alpha value is -1.97. The number of nitrogens with zero attached hydrogens (tertiary/aromatic N) is 2. The Morgan fingerprint density at radius 3 is 3.07 bits per heavy atom. The van der Waals surface area contributed by atoms with Crippen LogP contribution in [0.2, 0.25) is 0 Å². The van der Waals surface area contributed by atoms with Crippen molar-refractivity contribution in [3.63, 3.8) is 0 Å². The number of hydrogen-bond acceptors (Lipinski definition) is 4. The smallest absolute Gasteiger partial charge is 0.168 e. The lowest BCUT2D eigenvalue weighted by Crippen LogP contribution is -2.04. The summed E-state index contributed by atoms with van der Waals surface area (Å²) >= 11 is 0. The molecule has 0 aromatic carbocycles. The zero-order chi connectivity index (χ0) is 11.1. The minimum Gasteiger partial charge on any atom is -0.402 e. The second kappa shape index (κ2) is 5.70. The van der Waals surface area contributed by atoms with Gasteiger partial charge in [-0.3, -0.25) is 4.79 Å². The van der Waals surface area contributed by atoms with E-state index in [0.717, 1.165) is 0 Å². The van der Waals surface area contributed by atoms with E-state index in [0.29, 0.717) is 24.2 Å². The Morgan fingerprint density at radius 2 is 2.40 bits per heavy atom. The van der Waals surface area contributed by atoms with Gasteiger partial charge in [0.25, 0.3) is 0 Å². The maximum atomic E-state index is 10.7. The Bertz CT molecular complexity index is 383. The first-order valence-electron chi connectivity index (χ1n) is 4.58. The van der Waals surface area contributed by atoms with E-state index in [4.69, 9.17) is 5.73 Å². The van der Waals surface area contributed by atoms with Gasteiger partial charge in [0.2, 0.25) is 0 Å². The molecule has 4 heteroatoms. The van der Waals surface area contributed by atoms with Crippen molar-refractivity contribution in [1.82, 2.24) is 0 Å². The molecule has 0 saturated carbocycles. The molecule has 1 aliphatic rings. The quantitative estimate of drug-likeness (QED) is 0.544. The van der Waals surface area contributed by atoms with E-state index in [2.05, 4.69) is 9.98 Å². The highest BCUT2D eigenvalue weighted by Gasteiger charge is 1.98. The molecule has 0 aromatic heterocycles. The van der Waals surface area contributed by atoms with Gasteiger partial charge in [-0.15, -0.1) is 0 Å². The molecule has 4 nitrogen and oxygen atoms in total. The van der Waals surface area contributed by atoms with Gasteiger partial charge in [0.1, 0.15) is 11.5 Å². The van der Waals surface area contributed by atoms with Crippen LogP contribution in [0.25, 0.3) is 0 Å². The SMILES string of the molecule is CC(N)=CC(C=O)=NC1=NC=CC=CC1. The molecule has 0 aliphatic carbocycles. The molecule has 0 bridgehead atoms. The van der Waals surface area contributed by atoms with E-state index in [9.17, 15) is 4.79 Å². The fourth-order valence-corrected chi connectivity index (χ4v) is 1.03. The lowest BCUT2D eigenvalue weighted by atomic mass is 10.3. The summed E-state index contributed by atoms with van der Waals surface area (Å²) in [6.07, 6.45) is 10.1. The summed E-state index contributed by atoms with van der Waals surface area (Å²) in [6, 6.07) is 0. The predicted octanol–water partition coefficient (Wildman–Crippen LogP) is 1.36. The molecule has 0 fully saturated rings. The minimum atomic E-state index is 0.289. The Labute approximate surface area is 88.6 Å². The largest absolute Gasteiger partial charge is 0.402 e. The number of carbonyl (C=O) groups excluding carboxylic acids is 1. The first kappa shape index (κ1) is 11.1. The van der Waals surface area contributed by atoms with E-state index >= 15 is 0 Å². The van der Waals surface area contributed by atoms with Gasteiger partial charge >= 0.3 is 0 Å². The molecular weight excluding hydrogens is 190 g/mol. The second-order valence-corrected chi connectivity index (χ2v) is 3.06. The van der Waals surface area contributed by atoms with Crippen LogP contribution in [0.3, 0.4) is 0 Å². The fraction of sp³-hybridized carbons (Fsp3) is 0.182. The van der Waals surface area contributed by atoms with Crippen molar-refractivity contribution >= 4 is 17.8 Å². The molecular formula is C11H13N3O. The molecule has 0 saturated heterocycles. The van der Waals surface area contributed by atoms with Crippen LogP contribution in [0, 0.1) is 0 Å². The lowest BCUT2D eigenvalue weighted by Gasteiger charge is -1.95. The number of amidine groups is 1. The summed E-state index contributed by atoms with van der Waals surface area (Å²) in [5.74, 6) is 0.597. The molecule has 0 aromatic rings. The fourth-order valence-electron chi connectivity index (χ4n) is 1.03. The van der Waals surface area contributed by atoms with Crippen LogP contribution in [-0.2, 0) is 4.79 Å². The summed E-state index contributed by atoms with van der Waals surface area (Å²) in [4.78, 5) is 18.8. The highest BCUT2D eigenvalue weighted by atomic mass is 16.1. The molecule has 2 N–H and O–H groups in total. The van der Waals surface area contributed by atoms with Crippen molar-refractivity contribution in [2.24, 2.45) is 15.7 Å². The molecule has 0 amide bonds. The average Bonchev–Trinajstić information content (AvgIpc) is 2.44. The van der Waals surface area contributed by atoms with Crippen LogP contribution in [0.5, 0.6) is 0 Å². The van der Waals surface area contributed by atoms with Crippen LogP contribution in [0.1, 0.15) is 13.3 Å². The Balaban J connectivity index is 2.88. The Morgan fingerprint density at radius 1 is 1.60 bits per heavy atom. The van der Waals surface area contributed by atoms with Crippen molar-refractivity contribution < 1.29 is 4.79 Å². The van der Waals surface area contributed by atoms with Crippen LogP contribution in [0.4, 0.5) is 0 Å². The average molecular weight is 203 g/mol. The molecule has 0 radical (unpaired) electrons. The highest BCUT2D eigenvalue weighted by Crippen LogP contribution is 1.99. The van der Waals surface area contributed by atoms with Gasteiger partial charge in [0.05, 0.1) is 0 Å². The van der Waals surface area contributed by atoms with Crippen molar-refractivity contribution in [2.75, 3.05) is 0 Å². The number of rotatable bonds is 2. The molecule has 1 aliphatic heterocycles. The second-order valence-electron chi connectivity index (χ2n) is 3.06. The number of nitrogens with two attached hydrogens (primary N) is 1. The van der Waals surface area contributed by atoms with Crippen LogP contribution < -0.4 is 5.73 Å². The maximum absolute atomic E-state index is 10.7. The zero-order valence-electron chi connectivity index (χ0n) is 8.55. The zero-order valence-corrected chi connectivity index (χ0v) is 8.55. The van der Waals surface area contributed by atoms with E-state index in [1.165, 1.54) is 6.08 Å². The minimum absolute atomic E-state index is 0.289. The lowest BCUT2D eigenvalue weighted by molar-refractivity contribution is -0.102. The van der Waals surface area contributed by atoms with Crippen LogP contribution in [0.15, 0.2) is 46.2 Å². The third-order valence-electron chi connectivity index (χ3n) is 1.61. The molecule has 0 unspecified atom stereocenters. The third-order valence-corrected chi connectivity index (χ3v) is 1.61. The molecule has 15 heavy (non-hydrogen) atoms. The highest BCUT2D eigenvalue weighted by molar-refractivity contribution is 6.36. The Kier molecular flexibility index (Phi) is 4.22. The number of allylic oxidation sites excluding steroid dienone is 4. The standard InChI is InChI=1S/C11H13N3O/c1-9(12)7-10(8-15)14-11-5-3-2-4-6-13-11/h2-4,6-8H,5,12H2,1H3. The number of carbonyl (C=O) groups is 1. The monoisotopic (exact) mass is 203 g/mol. The first-order valence-corrected chi connectivity index (χ1v) is 4.58. The van der Waals surface area contributed by atoms with Gasteiger partial charge in [-0.05, 0) is 19.1 Å².